The Morgan fingerprint density at radius 3 is 2.13 bits per heavy atom. The van der Waals surface area contributed by atoms with Gasteiger partial charge in [-0.25, -0.2) is 9.97 Å². The Labute approximate surface area is 223 Å². The highest BCUT2D eigenvalue weighted by Crippen LogP contribution is 2.46. The van der Waals surface area contributed by atoms with E-state index >= 15 is 0 Å². The molecule has 0 bridgehead atoms. The van der Waals surface area contributed by atoms with Crippen LogP contribution in [0.1, 0.15) is 78.4 Å². The normalized spacial score (nSPS) is 23.9. The van der Waals surface area contributed by atoms with Gasteiger partial charge in [-0.1, -0.05) is 12.1 Å². The van der Waals surface area contributed by atoms with Crippen molar-refractivity contribution in [1.29, 1.82) is 0 Å². The summed E-state index contributed by atoms with van der Waals surface area (Å²) in [6.45, 7) is 12.4. The molecule has 1 aromatic heterocycles. The summed E-state index contributed by atoms with van der Waals surface area (Å²) >= 11 is 0. The number of hydrogen-bond donors (Lipinski definition) is 0. The summed E-state index contributed by atoms with van der Waals surface area (Å²) in [5, 5.41) is 0. The number of carbonyl (C=O) groups excluding carboxylic acids is 1. The number of halogens is 3. The third-order valence-corrected chi connectivity index (χ3v) is 9.02. The molecule has 2 saturated heterocycles. The summed E-state index contributed by atoms with van der Waals surface area (Å²) in [6.07, 6.45) is 1.26. The number of alkyl halides is 3. The van der Waals surface area contributed by atoms with E-state index in [1.807, 2.05) is 18.7 Å². The van der Waals surface area contributed by atoms with Crippen molar-refractivity contribution in [2.75, 3.05) is 32.7 Å². The minimum absolute atomic E-state index is 0.0117. The summed E-state index contributed by atoms with van der Waals surface area (Å²) < 4.78 is 39.3. The van der Waals surface area contributed by atoms with E-state index in [9.17, 15) is 18.0 Å². The molecule has 2 unspecified atom stereocenters. The van der Waals surface area contributed by atoms with Gasteiger partial charge in [-0.15, -0.1) is 0 Å². The lowest BCUT2D eigenvalue weighted by atomic mass is 9.85. The summed E-state index contributed by atoms with van der Waals surface area (Å²) in [5.41, 5.74) is 2.48. The Bertz CT molecular complexity index is 1140. The van der Waals surface area contributed by atoms with Crippen LogP contribution >= 0.6 is 0 Å². The van der Waals surface area contributed by atoms with E-state index in [-0.39, 0.29) is 17.5 Å². The lowest BCUT2D eigenvalue weighted by molar-refractivity contribution is -0.137. The largest absolute Gasteiger partial charge is 0.416 e. The van der Waals surface area contributed by atoms with Crippen LogP contribution in [0.5, 0.6) is 0 Å². The van der Waals surface area contributed by atoms with Crippen molar-refractivity contribution in [2.45, 2.75) is 77.2 Å². The van der Waals surface area contributed by atoms with Crippen LogP contribution in [0.2, 0.25) is 0 Å². The van der Waals surface area contributed by atoms with Crippen LogP contribution < -0.4 is 0 Å². The van der Waals surface area contributed by atoms with Crippen LogP contribution in [0.4, 0.5) is 13.2 Å². The lowest BCUT2D eigenvalue weighted by Crippen LogP contribution is -2.62. The van der Waals surface area contributed by atoms with Gasteiger partial charge in [0.25, 0.3) is 5.91 Å². The first kappa shape index (κ1) is 27.1. The highest BCUT2D eigenvalue weighted by atomic mass is 19.4. The first-order valence-corrected chi connectivity index (χ1v) is 13.7. The summed E-state index contributed by atoms with van der Waals surface area (Å²) in [5.74, 6) is 0.532. The first-order chi connectivity index (χ1) is 18.0. The van der Waals surface area contributed by atoms with Crippen LogP contribution in [-0.2, 0) is 6.18 Å². The monoisotopic (exact) mass is 529 g/mol. The van der Waals surface area contributed by atoms with Crippen LogP contribution in [0.15, 0.2) is 30.6 Å². The molecule has 1 amide bonds. The van der Waals surface area contributed by atoms with Gasteiger partial charge in [0, 0.05) is 50.3 Å². The number of aryl methyl sites for hydroxylation is 2. The molecule has 6 nitrogen and oxygen atoms in total. The molecule has 3 heterocycles. The van der Waals surface area contributed by atoms with E-state index in [0.29, 0.717) is 30.6 Å². The van der Waals surface area contributed by atoms with Crippen molar-refractivity contribution >= 4 is 5.91 Å². The number of piperazine rings is 1. The van der Waals surface area contributed by atoms with Crippen molar-refractivity contribution in [3.8, 4) is 0 Å². The average molecular weight is 530 g/mol. The number of likely N-dealkylation sites (tertiary alicyclic amines) is 1. The molecule has 1 aliphatic carbocycles. The third kappa shape index (κ3) is 5.32. The van der Waals surface area contributed by atoms with E-state index in [1.54, 1.807) is 12.1 Å². The highest BCUT2D eigenvalue weighted by molar-refractivity contribution is 5.96. The molecule has 1 aromatic carbocycles. The highest BCUT2D eigenvalue weighted by Gasteiger charge is 2.44. The van der Waals surface area contributed by atoms with Crippen molar-refractivity contribution < 1.29 is 18.0 Å². The van der Waals surface area contributed by atoms with Gasteiger partial charge >= 0.3 is 6.18 Å². The molecule has 38 heavy (non-hydrogen) atoms. The number of aromatic nitrogens is 2. The van der Waals surface area contributed by atoms with Gasteiger partial charge in [0.1, 0.15) is 6.33 Å². The quantitative estimate of drug-likeness (QED) is 0.529. The topological polar surface area (TPSA) is 52.6 Å². The van der Waals surface area contributed by atoms with Gasteiger partial charge in [0.05, 0.1) is 22.5 Å². The van der Waals surface area contributed by atoms with E-state index < -0.39 is 11.7 Å². The van der Waals surface area contributed by atoms with Crippen LogP contribution in [0, 0.1) is 19.8 Å². The minimum Gasteiger partial charge on any atom is -0.338 e. The maximum atomic E-state index is 13.2. The summed E-state index contributed by atoms with van der Waals surface area (Å²) in [7, 11) is 0. The molecular formula is C29H38F3N5O. The molecule has 0 N–H and O–H groups in total. The number of hydrogen-bond acceptors (Lipinski definition) is 5. The second-order valence-electron chi connectivity index (χ2n) is 11.6. The summed E-state index contributed by atoms with van der Waals surface area (Å²) in [6, 6.07) is 6.28. The molecule has 206 valence electrons. The third-order valence-electron chi connectivity index (χ3n) is 9.02. The van der Waals surface area contributed by atoms with Gasteiger partial charge < -0.3 is 4.90 Å². The zero-order chi connectivity index (χ0) is 27.2. The zero-order valence-corrected chi connectivity index (χ0v) is 22.8. The molecule has 2 aromatic rings. The Kier molecular flexibility index (Phi) is 7.28. The molecule has 2 aliphatic heterocycles. The van der Waals surface area contributed by atoms with E-state index in [1.165, 1.54) is 18.5 Å². The maximum Gasteiger partial charge on any atom is 0.416 e. The zero-order valence-electron chi connectivity index (χ0n) is 22.8. The second-order valence-corrected chi connectivity index (χ2v) is 11.6. The van der Waals surface area contributed by atoms with Gasteiger partial charge in [-0.3, -0.25) is 14.6 Å². The number of amides is 1. The fourth-order valence-electron chi connectivity index (χ4n) is 6.46. The Morgan fingerprint density at radius 1 is 1.00 bits per heavy atom. The number of piperidine rings is 1. The first-order valence-electron chi connectivity index (χ1n) is 13.7. The van der Waals surface area contributed by atoms with Gasteiger partial charge in [-0.05, 0) is 77.0 Å². The van der Waals surface area contributed by atoms with E-state index in [0.717, 1.165) is 62.3 Å². The predicted molar refractivity (Wildman–Crippen MR) is 140 cm³/mol. The van der Waals surface area contributed by atoms with Crippen molar-refractivity contribution in [2.24, 2.45) is 5.92 Å². The van der Waals surface area contributed by atoms with Crippen LogP contribution in [-0.4, -0.2) is 74.9 Å². The van der Waals surface area contributed by atoms with Crippen LogP contribution in [0.3, 0.4) is 0 Å². The molecule has 0 spiro atoms. The fourth-order valence-corrected chi connectivity index (χ4v) is 6.46. The Hall–Kier alpha value is -2.52. The second kappa shape index (κ2) is 10.2. The smallest absolute Gasteiger partial charge is 0.338 e. The predicted octanol–water partition coefficient (Wildman–Crippen LogP) is 5.26. The maximum absolute atomic E-state index is 13.2. The van der Waals surface area contributed by atoms with Crippen molar-refractivity contribution in [3.05, 3.63) is 58.7 Å². The molecule has 0 radical (unpaired) electrons. The van der Waals surface area contributed by atoms with Gasteiger partial charge in [0.15, 0.2) is 0 Å². The van der Waals surface area contributed by atoms with Crippen molar-refractivity contribution in [3.63, 3.8) is 0 Å². The molecular weight excluding hydrogens is 491 g/mol. The number of benzene rings is 1. The minimum atomic E-state index is -4.31. The SMILES string of the molecule is Cc1ncnc(C)c1C(=O)N1CCC(C)(N2CCN(C(c3ccc(C(F)(F)F)cc3)C3CC3)C(C)C2)CC1. The van der Waals surface area contributed by atoms with Gasteiger partial charge in [0.2, 0.25) is 0 Å². The molecule has 2 atom stereocenters. The molecule has 5 rings (SSSR count). The average Bonchev–Trinajstić information content (AvgIpc) is 3.70. The fraction of sp³-hybridized carbons (Fsp3) is 0.621. The number of carbonyl (C=O) groups is 1. The van der Waals surface area contributed by atoms with E-state index in [2.05, 4.69) is 33.6 Å². The Morgan fingerprint density at radius 2 is 1.61 bits per heavy atom. The standard InChI is InChI=1S/C29H38F3N5O/c1-19-17-36(28(4)11-13-35(14-12-28)27(38)25-20(2)33-18-34-21(25)3)15-16-37(19)26(22-5-6-22)23-7-9-24(10-8-23)29(30,31)32/h7-10,18-19,22,26H,5-6,11-17H2,1-4H3. The molecule has 3 fully saturated rings. The number of rotatable bonds is 5. The number of nitrogens with zero attached hydrogens (tertiary/aromatic N) is 5. The molecule has 3 aliphatic rings. The molecule has 1 saturated carbocycles. The summed E-state index contributed by atoms with van der Waals surface area (Å²) in [4.78, 5) is 28.7. The van der Waals surface area contributed by atoms with Crippen LogP contribution in [0.25, 0.3) is 0 Å². The Balaban J connectivity index is 1.23. The molecule has 9 heteroatoms. The van der Waals surface area contributed by atoms with Crippen molar-refractivity contribution in [1.82, 2.24) is 24.7 Å². The lowest BCUT2D eigenvalue weighted by Gasteiger charge is -2.53. The van der Waals surface area contributed by atoms with Gasteiger partial charge in [-0.2, -0.15) is 13.2 Å². The van der Waals surface area contributed by atoms with E-state index in [4.69, 9.17) is 0 Å².